The molecular formula is C42H28N2S2. The van der Waals surface area contributed by atoms with Gasteiger partial charge in [0.05, 0.1) is 11.4 Å². The molecule has 0 saturated heterocycles. The molecule has 0 aliphatic carbocycles. The summed E-state index contributed by atoms with van der Waals surface area (Å²) in [5.41, 5.74) is 9.43. The normalized spacial score (nSPS) is 12.2. The van der Waals surface area contributed by atoms with Crippen LogP contribution < -0.4 is 9.80 Å². The van der Waals surface area contributed by atoms with E-state index in [2.05, 4.69) is 180 Å². The summed E-state index contributed by atoms with van der Waals surface area (Å²) in [6.45, 7) is 0. The minimum absolute atomic E-state index is 1.13. The van der Waals surface area contributed by atoms with E-state index < -0.39 is 0 Å². The SMILES string of the molecule is c1ccc(N(c2ccc(-c3ccc4c(c3)Sc3ccccc3N4c3ccccc3)cc2)c2ccc3sc4ccccc4c3c2)cc1. The van der Waals surface area contributed by atoms with Crippen LogP contribution in [0.25, 0.3) is 31.3 Å². The predicted molar refractivity (Wildman–Crippen MR) is 198 cm³/mol. The van der Waals surface area contributed by atoms with Crippen LogP contribution in [0.15, 0.2) is 180 Å². The minimum atomic E-state index is 1.13. The smallest absolute Gasteiger partial charge is 0.0602 e. The van der Waals surface area contributed by atoms with E-state index in [4.69, 9.17) is 0 Å². The van der Waals surface area contributed by atoms with Crippen LogP contribution in [0.3, 0.4) is 0 Å². The molecule has 0 radical (unpaired) electrons. The molecule has 0 bridgehead atoms. The van der Waals surface area contributed by atoms with Gasteiger partial charge in [0.2, 0.25) is 0 Å². The summed E-state index contributed by atoms with van der Waals surface area (Å²) in [4.78, 5) is 7.25. The number of rotatable bonds is 5. The summed E-state index contributed by atoms with van der Waals surface area (Å²) in [7, 11) is 0. The van der Waals surface area contributed by atoms with Crippen molar-refractivity contribution >= 4 is 77.4 Å². The monoisotopic (exact) mass is 624 g/mol. The van der Waals surface area contributed by atoms with Crippen LogP contribution in [0.4, 0.5) is 34.1 Å². The van der Waals surface area contributed by atoms with Crippen molar-refractivity contribution in [1.82, 2.24) is 0 Å². The summed E-state index contributed by atoms with van der Waals surface area (Å²) in [6.07, 6.45) is 0. The third-order valence-electron chi connectivity index (χ3n) is 8.63. The highest BCUT2D eigenvalue weighted by atomic mass is 32.2. The third-order valence-corrected chi connectivity index (χ3v) is 10.9. The topological polar surface area (TPSA) is 6.48 Å². The summed E-state index contributed by atoms with van der Waals surface area (Å²) in [5.74, 6) is 0. The van der Waals surface area contributed by atoms with Gasteiger partial charge in [-0.25, -0.2) is 0 Å². The van der Waals surface area contributed by atoms with Crippen molar-refractivity contribution in [3.8, 4) is 11.1 Å². The highest BCUT2D eigenvalue weighted by Crippen LogP contribution is 2.52. The molecule has 1 aliphatic rings. The van der Waals surface area contributed by atoms with Gasteiger partial charge in [-0.15, -0.1) is 11.3 Å². The molecule has 7 aromatic carbocycles. The minimum Gasteiger partial charge on any atom is -0.310 e. The molecule has 1 aliphatic heterocycles. The molecule has 2 heterocycles. The Morgan fingerprint density at radius 1 is 0.413 bits per heavy atom. The first-order valence-electron chi connectivity index (χ1n) is 15.4. The molecule has 8 aromatic rings. The lowest BCUT2D eigenvalue weighted by Gasteiger charge is -2.33. The first kappa shape index (κ1) is 27.1. The van der Waals surface area contributed by atoms with Crippen molar-refractivity contribution in [2.24, 2.45) is 0 Å². The summed E-state index contributed by atoms with van der Waals surface area (Å²) in [5, 5.41) is 2.61. The van der Waals surface area contributed by atoms with Crippen LogP contribution in [0.2, 0.25) is 0 Å². The van der Waals surface area contributed by atoms with Crippen LogP contribution in [0.1, 0.15) is 0 Å². The van der Waals surface area contributed by atoms with E-state index in [-0.39, 0.29) is 0 Å². The van der Waals surface area contributed by atoms with E-state index in [1.165, 1.54) is 58.2 Å². The highest BCUT2D eigenvalue weighted by molar-refractivity contribution is 7.99. The van der Waals surface area contributed by atoms with Gasteiger partial charge in [0.25, 0.3) is 0 Å². The summed E-state index contributed by atoms with van der Waals surface area (Å²) in [6, 6.07) is 61.4. The average Bonchev–Trinajstić information content (AvgIpc) is 3.50. The number of benzene rings is 7. The largest absolute Gasteiger partial charge is 0.310 e. The van der Waals surface area contributed by atoms with Crippen molar-refractivity contribution in [3.63, 3.8) is 0 Å². The average molecular weight is 625 g/mol. The Bertz CT molecular complexity index is 2340. The standard InChI is InChI=1S/C42H28N2S2/c1-3-11-31(12-4-1)43(34-24-26-40-36(28-34)35-15-7-9-17-39(35)45-40)33-22-19-29(20-23-33)30-21-25-38-42(27-30)46-41-18-10-8-16-37(41)44(38)32-13-5-2-6-14-32/h1-28H. The van der Waals surface area contributed by atoms with Crippen LogP contribution in [0.5, 0.6) is 0 Å². The Morgan fingerprint density at radius 2 is 1.04 bits per heavy atom. The van der Waals surface area contributed by atoms with Crippen LogP contribution in [-0.2, 0) is 0 Å². The Labute approximate surface area is 276 Å². The molecule has 0 unspecified atom stereocenters. The summed E-state index contributed by atoms with van der Waals surface area (Å²) < 4.78 is 2.64. The first-order chi connectivity index (χ1) is 22.8. The number of thiophene rings is 1. The van der Waals surface area contributed by atoms with Gasteiger partial charge in [-0.3, -0.25) is 0 Å². The van der Waals surface area contributed by atoms with Crippen LogP contribution in [0, 0.1) is 0 Å². The molecule has 0 saturated carbocycles. The number of para-hydroxylation sites is 3. The molecule has 9 rings (SSSR count). The maximum absolute atomic E-state index is 2.37. The number of hydrogen-bond donors (Lipinski definition) is 0. The quantitative estimate of drug-likeness (QED) is 0.188. The summed E-state index contributed by atoms with van der Waals surface area (Å²) >= 11 is 3.70. The van der Waals surface area contributed by atoms with E-state index in [9.17, 15) is 0 Å². The number of fused-ring (bicyclic) bond motifs is 5. The lowest BCUT2D eigenvalue weighted by molar-refractivity contribution is 1.17. The van der Waals surface area contributed by atoms with Crippen molar-refractivity contribution in [2.45, 2.75) is 9.79 Å². The van der Waals surface area contributed by atoms with Gasteiger partial charge in [0.1, 0.15) is 0 Å². The Kier molecular flexibility index (Phi) is 6.62. The van der Waals surface area contributed by atoms with Gasteiger partial charge in [0.15, 0.2) is 0 Å². The Balaban J connectivity index is 1.10. The van der Waals surface area contributed by atoms with Gasteiger partial charge < -0.3 is 9.80 Å². The fourth-order valence-electron chi connectivity index (χ4n) is 6.47. The van der Waals surface area contributed by atoms with E-state index in [1.807, 2.05) is 23.1 Å². The molecule has 0 N–H and O–H groups in total. The van der Waals surface area contributed by atoms with E-state index in [1.54, 1.807) is 0 Å². The van der Waals surface area contributed by atoms with Crippen molar-refractivity contribution in [2.75, 3.05) is 9.80 Å². The van der Waals surface area contributed by atoms with Gasteiger partial charge in [-0.05, 0) is 96.1 Å². The number of nitrogens with zero attached hydrogens (tertiary/aromatic N) is 2. The van der Waals surface area contributed by atoms with Crippen molar-refractivity contribution < 1.29 is 0 Å². The molecule has 218 valence electrons. The predicted octanol–water partition coefficient (Wildman–Crippen LogP) is 13.1. The molecular weight excluding hydrogens is 597 g/mol. The molecule has 1 aromatic heterocycles. The van der Waals surface area contributed by atoms with E-state index >= 15 is 0 Å². The van der Waals surface area contributed by atoms with Crippen LogP contribution in [-0.4, -0.2) is 0 Å². The van der Waals surface area contributed by atoms with Crippen molar-refractivity contribution in [3.05, 3.63) is 170 Å². The maximum atomic E-state index is 2.37. The second-order valence-electron chi connectivity index (χ2n) is 11.4. The van der Waals surface area contributed by atoms with Crippen LogP contribution >= 0.6 is 23.1 Å². The van der Waals surface area contributed by atoms with E-state index in [0.717, 1.165) is 17.1 Å². The van der Waals surface area contributed by atoms with Gasteiger partial charge in [-0.2, -0.15) is 0 Å². The molecule has 4 heteroatoms. The van der Waals surface area contributed by atoms with Crippen molar-refractivity contribution in [1.29, 1.82) is 0 Å². The van der Waals surface area contributed by atoms with Gasteiger partial charge >= 0.3 is 0 Å². The third kappa shape index (κ3) is 4.66. The molecule has 0 spiro atoms. The molecule has 0 amide bonds. The maximum Gasteiger partial charge on any atom is 0.0602 e. The first-order valence-corrected chi connectivity index (χ1v) is 17.1. The van der Waals surface area contributed by atoms with Gasteiger partial charge in [-0.1, -0.05) is 96.7 Å². The number of hydrogen-bond acceptors (Lipinski definition) is 4. The highest BCUT2D eigenvalue weighted by Gasteiger charge is 2.25. The molecule has 2 nitrogen and oxygen atoms in total. The lowest BCUT2D eigenvalue weighted by atomic mass is 10.0. The zero-order chi connectivity index (χ0) is 30.5. The molecule has 0 fully saturated rings. The fourth-order valence-corrected chi connectivity index (χ4v) is 8.66. The fraction of sp³-hybridized carbons (Fsp3) is 0. The lowest BCUT2D eigenvalue weighted by Crippen LogP contribution is -2.14. The second-order valence-corrected chi connectivity index (χ2v) is 13.6. The van der Waals surface area contributed by atoms with Gasteiger partial charge in [0, 0.05) is 52.7 Å². The van der Waals surface area contributed by atoms with E-state index in [0.29, 0.717) is 0 Å². The Hall–Kier alpha value is -5.29. The number of anilines is 6. The zero-order valence-electron chi connectivity index (χ0n) is 24.9. The molecule has 0 atom stereocenters. The molecule has 46 heavy (non-hydrogen) atoms. The second kappa shape index (κ2) is 11.3. The zero-order valence-corrected chi connectivity index (χ0v) is 26.5. The Morgan fingerprint density at radius 3 is 1.89 bits per heavy atom.